The van der Waals surface area contributed by atoms with Crippen LogP contribution in [0.25, 0.3) is 0 Å². The highest BCUT2D eigenvalue weighted by Gasteiger charge is 2.34. The molecule has 0 saturated carbocycles. The van der Waals surface area contributed by atoms with Crippen LogP contribution in [0.1, 0.15) is 24.8 Å². The molecule has 2 aromatic carbocycles. The number of hydrogen-bond donors (Lipinski definition) is 0. The zero-order chi connectivity index (χ0) is 13.9. The van der Waals surface area contributed by atoms with Gasteiger partial charge in [-0.2, -0.15) is 0 Å². The minimum Gasteiger partial charge on any atom is -0.312 e. The van der Waals surface area contributed by atoms with E-state index in [9.17, 15) is 4.79 Å². The highest BCUT2D eigenvalue weighted by molar-refractivity contribution is 5.96. The minimum absolute atomic E-state index is 0.0337. The Bertz CT molecular complexity index is 579. The lowest BCUT2D eigenvalue weighted by atomic mass is 9.81. The van der Waals surface area contributed by atoms with E-state index in [1.54, 1.807) is 0 Å². The van der Waals surface area contributed by atoms with E-state index in [2.05, 4.69) is 31.2 Å². The molecule has 1 fully saturated rings. The fraction of sp³-hybridized carbons (Fsp3) is 0.278. The number of anilines is 1. The van der Waals surface area contributed by atoms with E-state index >= 15 is 0 Å². The van der Waals surface area contributed by atoms with Gasteiger partial charge >= 0.3 is 0 Å². The number of benzene rings is 2. The second-order valence-corrected chi connectivity index (χ2v) is 5.42. The summed E-state index contributed by atoms with van der Waals surface area (Å²) in [4.78, 5) is 14.6. The first kappa shape index (κ1) is 12.9. The predicted molar refractivity (Wildman–Crippen MR) is 81.8 cm³/mol. The van der Waals surface area contributed by atoms with E-state index < -0.39 is 0 Å². The highest BCUT2D eigenvalue weighted by Crippen LogP contribution is 2.35. The molecule has 2 atom stereocenters. The summed E-state index contributed by atoms with van der Waals surface area (Å²) in [5.74, 6) is 0.603. The fourth-order valence-corrected chi connectivity index (χ4v) is 3.07. The van der Waals surface area contributed by atoms with E-state index in [0.29, 0.717) is 5.92 Å². The van der Waals surface area contributed by atoms with Crippen LogP contribution in [0.3, 0.4) is 0 Å². The van der Waals surface area contributed by atoms with Crippen LogP contribution in [0, 0.1) is 5.92 Å². The van der Waals surface area contributed by atoms with Crippen LogP contribution in [0.15, 0.2) is 60.7 Å². The van der Waals surface area contributed by atoms with Crippen molar-refractivity contribution in [1.82, 2.24) is 0 Å². The SMILES string of the molecule is CC1C(=O)N(c2ccccc2)CCC1c1ccccc1. The summed E-state index contributed by atoms with van der Waals surface area (Å²) in [5.41, 5.74) is 2.29. The molecule has 2 unspecified atom stereocenters. The molecule has 3 rings (SSSR count). The number of carbonyl (C=O) groups excluding carboxylic acids is 1. The van der Waals surface area contributed by atoms with Gasteiger partial charge in [0.15, 0.2) is 0 Å². The van der Waals surface area contributed by atoms with Crippen molar-refractivity contribution < 1.29 is 4.79 Å². The van der Waals surface area contributed by atoms with Crippen LogP contribution < -0.4 is 4.90 Å². The van der Waals surface area contributed by atoms with Crippen LogP contribution >= 0.6 is 0 Å². The van der Waals surface area contributed by atoms with Crippen molar-refractivity contribution in [2.75, 3.05) is 11.4 Å². The summed E-state index contributed by atoms with van der Waals surface area (Å²) in [6.07, 6.45) is 1.02. The highest BCUT2D eigenvalue weighted by atomic mass is 16.2. The summed E-state index contributed by atoms with van der Waals surface area (Å²) in [6.45, 7) is 2.85. The van der Waals surface area contributed by atoms with Gasteiger partial charge < -0.3 is 4.90 Å². The second-order valence-electron chi connectivity index (χ2n) is 5.42. The molecule has 0 aliphatic carbocycles. The maximum atomic E-state index is 12.6. The van der Waals surface area contributed by atoms with Crippen LogP contribution in [0.5, 0.6) is 0 Å². The monoisotopic (exact) mass is 265 g/mol. The van der Waals surface area contributed by atoms with Gasteiger partial charge in [-0.05, 0) is 30.0 Å². The van der Waals surface area contributed by atoms with Gasteiger partial charge in [0.05, 0.1) is 0 Å². The molecule has 0 radical (unpaired) electrons. The number of rotatable bonds is 2. The topological polar surface area (TPSA) is 20.3 Å². The lowest BCUT2D eigenvalue weighted by molar-refractivity contribution is -0.123. The summed E-state index contributed by atoms with van der Waals surface area (Å²) in [6, 6.07) is 20.3. The van der Waals surface area contributed by atoms with E-state index in [-0.39, 0.29) is 11.8 Å². The summed E-state index contributed by atoms with van der Waals surface area (Å²) in [7, 11) is 0. The number of para-hydroxylation sites is 1. The van der Waals surface area contributed by atoms with Crippen molar-refractivity contribution in [2.45, 2.75) is 19.3 Å². The average molecular weight is 265 g/mol. The quantitative estimate of drug-likeness (QED) is 0.807. The first-order valence-corrected chi connectivity index (χ1v) is 7.19. The van der Waals surface area contributed by atoms with Crippen molar-refractivity contribution in [1.29, 1.82) is 0 Å². The van der Waals surface area contributed by atoms with Crippen LogP contribution in [-0.2, 0) is 4.79 Å². The molecule has 1 amide bonds. The van der Waals surface area contributed by atoms with E-state index in [1.165, 1.54) is 5.56 Å². The molecule has 0 aromatic heterocycles. The van der Waals surface area contributed by atoms with Crippen molar-refractivity contribution in [3.8, 4) is 0 Å². The lowest BCUT2D eigenvalue weighted by Gasteiger charge is -2.36. The normalized spacial score (nSPS) is 22.9. The van der Waals surface area contributed by atoms with Crippen LogP contribution in [0.4, 0.5) is 5.69 Å². The lowest BCUT2D eigenvalue weighted by Crippen LogP contribution is -2.43. The Morgan fingerprint density at radius 2 is 1.55 bits per heavy atom. The Balaban J connectivity index is 1.83. The Morgan fingerprint density at radius 1 is 0.950 bits per heavy atom. The van der Waals surface area contributed by atoms with Crippen molar-refractivity contribution >= 4 is 11.6 Å². The van der Waals surface area contributed by atoms with E-state index in [1.807, 2.05) is 41.3 Å². The third-order valence-corrected chi connectivity index (χ3v) is 4.22. The molecule has 1 aliphatic heterocycles. The summed E-state index contributed by atoms with van der Waals surface area (Å²) >= 11 is 0. The van der Waals surface area contributed by atoms with Crippen LogP contribution in [0.2, 0.25) is 0 Å². The molecule has 2 nitrogen and oxygen atoms in total. The molecule has 1 aliphatic rings. The maximum Gasteiger partial charge on any atom is 0.230 e. The molecule has 0 bridgehead atoms. The number of carbonyl (C=O) groups is 1. The standard InChI is InChI=1S/C18H19NO/c1-14-17(15-8-4-2-5-9-15)12-13-19(18(14)20)16-10-6-3-7-11-16/h2-11,14,17H,12-13H2,1H3. The summed E-state index contributed by atoms with van der Waals surface area (Å²) in [5, 5.41) is 0. The number of amides is 1. The molecule has 0 N–H and O–H groups in total. The average Bonchev–Trinajstić information content (AvgIpc) is 2.52. The fourth-order valence-electron chi connectivity index (χ4n) is 3.07. The van der Waals surface area contributed by atoms with Gasteiger partial charge in [0, 0.05) is 18.2 Å². The molecule has 20 heavy (non-hydrogen) atoms. The Labute approximate surface area is 120 Å². The zero-order valence-electron chi connectivity index (χ0n) is 11.7. The van der Waals surface area contributed by atoms with Gasteiger partial charge in [-0.1, -0.05) is 55.5 Å². The molecule has 2 aromatic rings. The predicted octanol–water partition coefficient (Wildman–Crippen LogP) is 3.84. The number of hydrogen-bond acceptors (Lipinski definition) is 1. The summed E-state index contributed by atoms with van der Waals surface area (Å²) < 4.78 is 0. The number of nitrogens with zero attached hydrogens (tertiary/aromatic N) is 1. The number of piperidine rings is 1. The second kappa shape index (κ2) is 5.49. The molecule has 1 saturated heterocycles. The van der Waals surface area contributed by atoms with E-state index in [0.717, 1.165) is 18.7 Å². The molecule has 2 heteroatoms. The molecular weight excluding hydrogens is 246 g/mol. The largest absolute Gasteiger partial charge is 0.312 e. The smallest absolute Gasteiger partial charge is 0.230 e. The van der Waals surface area contributed by atoms with Crippen LogP contribution in [-0.4, -0.2) is 12.5 Å². The Kier molecular flexibility index (Phi) is 3.55. The van der Waals surface area contributed by atoms with Gasteiger partial charge in [0.1, 0.15) is 0 Å². The van der Waals surface area contributed by atoms with Gasteiger partial charge in [-0.15, -0.1) is 0 Å². The third-order valence-electron chi connectivity index (χ3n) is 4.22. The maximum absolute atomic E-state index is 12.6. The first-order valence-electron chi connectivity index (χ1n) is 7.19. The Morgan fingerprint density at radius 3 is 2.20 bits per heavy atom. The van der Waals surface area contributed by atoms with Crippen molar-refractivity contribution in [3.63, 3.8) is 0 Å². The molecular formula is C18H19NO. The van der Waals surface area contributed by atoms with Gasteiger partial charge in [-0.3, -0.25) is 4.79 Å². The van der Waals surface area contributed by atoms with E-state index in [4.69, 9.17) is 0 Å². The zero-order valence-corrected chi connectivity index (χ0v) is 11.7. The molecule has 102 valence electrons. The minimum atomic E-state index is 0.0337. The van der Waals surface area contributed by atoms with Gasteiger partial charge in [0.25, 0.3) is 0 Å². The van der Waals surface area contributed by atoms with Crippen molar-refractivity contribution in [3.05, 3.63) is 66.2 Å². The molecule has 0 spiro atoms. The third kappa shape index (κ3) is 2.34. The first-order chi connectivity index (χ1) is 9.77. The molecule has 1 heterocycles. The van der Waals surface area contributed by atoms with Crippen molar-refractivity contribution in [2.24, 2.45) is 5.92 Å². The van der Waals surface area contributed by atoms with Gasteiger partial charge in [-0.25, -0.2) is 0 Å². The Hall–Kier alpha value is -2.09. The van der Waals surface area contributed by atoms with Gasteiger partial charge in [0.2, 0.25) is 5.91 Å².